The minimum Gasteiger partial charge on any atom is -0.380 e. The molecule has 0 radical (unpaired) electrons. The minimum absolute atomic E-state index is 0. The number of hydrogen-bond donors (Lipinski definition) is 2. The van der Waals surface area contributed by atoms with Gasteiger partial charge in [-0.05, 0) is 55.7 Å². The zero-order chi connectivity index (χ0) is 30.4. The molecule has 2 N–H and O–H groups in total. The number of amides is 2. The van der Waals surface area contributed by atoms with E-state index in [1.165, 1.54) is 11.8 Å². The van der Waals surface area contributed by atoms with Gasteiger partial charge in [-0.15, -0.1) is 0 Å². The summed E-state index contributed by atoms with van der Waals surface area (Å²) in [4.78, 5) is 31.5. The Morgan fingerprint density at radius 3 is 1.98 bits per heavy atom. The van der Waals surface area contributed by atoms with Crippen molar-refractivity contribution < 1.29 is 23.5 Å². The summed E-state index contributed by atoms with van der Waals surface area (Å²) in [5.74, 6) is -3.57. The molecule has 0 spiro atoms. The van der Waals surface area contributed by atoms with E-state index in [0.717, 1.165) is 25.9 Å². The topological polar surface area (TPSA) is 76.1 Å². The fourth-order valence-electron chi connectivity index (χ4n) is 5.89. The van der Waals surface area contributed by atoms with Crippen LogP contribution in [0.15, 0.2) is 30.3 Å². The van der Waals surface area contributed by atoms with Crippen LogP contribution >= 0.6 is 59.9 Å². The average Bonchev–Trinajstić information content (AvgIpc) is 2.89. The second-order valence-corrected chi connectivity index (χ2v) is 13.2. The number of nitrogens with one attached hydrogen (secondary N) is 1. The minimum atomic E-state index is -2.75. The fourth-order valence-corrected chi connectivity index (χ4v) is 7.07. The summed E-state index contributed by atoms with van der Waals surface area (Å²) >= 11 is 25.0. The van der Waals surface area contributed by atoms with Gasteiger partial charge >= 0.3 is 0 Å². The second kappa shape index (κ2) is 13.4. The Hall–Kier alpha value is -1.53. The van der Waals surface area contributed by atoms with Crippen molar-refractivity contribution in [1.29, 1.82) is 0 Å². The molecular weight excluding hydrogens is 664 g/mol. The van der Waals surface area contributed by atoms with Crippen molar-refractivity contribution in [3.63, 3.8) is 0 Å². The number of carbonyl (C=O) groups is 2. The molecule has 0 saturated carbocycles. The first-order valence-corrected chi connectivity index (χ1v) is 15.4. The number of nitrogens with zero attached hydrogens (tertiary/aromatic N) is 3. The first kappa shape index (κ1) is 34.3. The average molecular weight is 698 g/mol. The third kappa shape index (κ3) is 7.65. The Bertz CT molecular complexity index is 1320. The summed E-state index contributed by atoms with van der Waals surface area (Å²) in [5, 5.41) is 15.5. The Balaban J connectivity index is 0.00000423. The van der Waals surface area contributed by atoms with Crippen LogP contribution in [0.1, 0.15) is 48.5 Å². The molecule has 7 nitrogen and oxygen atoms in total. The fraction of sp³-hybridized carbons (Fsp3) is 0.517. The van der Waals surface area contributed by atoms with Crippen LogP contribution < -0.4 is 5.32 Å². The first-order valence-electron chi connectivity index (χ1n) is 13.9. The van der Waals surface area contributed by atoms with Gasteiger partial charge in [0.2, 0.25) is 0 Å². The van der Waals surface area contributed by atoms with Gasteiger partial charge in [0.15, 0.2) is 5.60 Å². The highest BCUT2D eigenvalue weighted by molar-refractivity contribution is 7.59. The third-order valence-corrected chi connectivity index (χ3v) is 9.46. The Morgan fingerprint density at radius 1 is 0.907 bits per heavy atom. The molecule has 5 rings (SSSR count). The predicted molar refractivity (Wildman–Crippen MR) is 172 cm³/mol. The van der Waals surface area contributed by atoms with E-state index in [1.54, 1.807) is 35.2 Å². The SMILES string of the molecule is C[C@@](O)(C(=O)N1CCC(N2CC(Nc3cc(Cl)c(C(=O)N4CCC(F)(F)CC4)c(Cl)c3)C2)CC1)c1cc(Cl)cc(Cl)c1.S. The van der Waals surface area contributed by atoms with Crippen LogP contribution in [0.25, 0.3) is 0 Å². The molecule has 1 atom stereocenters. The quantitative estimate of drug-likeness (QED) is 0.372. The third-order valence-electron chi connectivity index (χ3n) is 8.43. The molecule has 3 heterocycles. The van der Waals surface area contributed by atoms with E-state index in [9.17, 15) is 23.5 Å². The predicted octanol–water partition coefficient (Wildman–Crippen LogP) is 6.28. The summed E-state index contributed by atoms with van der Waals surface area (Å²) in [6.45, 7) is 4.00. The molecule has 14 heteroatoms. The molecule has 0 aromatic heterocycles. The second-order valence-electron chi connectivity index (χ2n) is 11.5. The van der Waals surface area contributed by atoms with Crippen molar-refractivity contribution in [1.82, 2.24) is 14.7 Å². The summed E-state index contributed by atoms with van der Waals surface area (Å²) < 4.78 is 27.0. The maximum atomic E-state index is 13.5. The molecule has 236 valence electrons. The van der Waals surface area contributed by atoms with Crippen molar-refractivity contribution in [2.24, 2.45) is 0 Å². The molecule has 3 saturated heterocycles. The van der Waals surface area contributed by atoms with Crippen molar-refractivity contribution in [2.75, 3.05) is 44.6 Å². The normalized spacial score (nSPS) is 21.0. The molecule has 2 aromatic carbocycles. The van der Waals surface area contributed by atoms with Gasteiger partial charge in [-0.2, -0.15) is 13.5 Å². The highest BCUT2D eigenvalue weighted by Crippen LogP contribution is 2.35. The molecule has 0 aliphatic carbocycles. The monoisotopic (exact) mass is 696 g/mol. The lowest BCUT2D eigenvalue weighted by atomic mass is 9.92. The van der Waals surface area contributed by atoms with Gasteiger partial charge in [0.05, 0.1) is 21.7 Å². The lowest BCUT2D eigenvalue weighted by Crippen LogP contribution is -2.61. The highest BCUT2D eigenvalue weighted by atomic mass is 35.5. The van der Waals surface area contributed by atoms with Crippen LogP contribution in [0.5, 0.6) is 0 Å². The van der Waals surface area contributed by atoms with Crippen molar-refractivity contribution >= 4 is 77.4 Å². The van der Waals surface area contributed by atoms with Gasteiger partial charge in [0.25, 0.3) is 17.7 Å². The standard InChI is InChI=1S/C29H32Cl4F2N4O3.H2S/c1-28(42,17-10-18(30)12-19(31)11-17)27(41)38-6-2-22(3-7-38)39-15-21(16-39)36-20-13-23(32)25(24(33)14-20)26(40)37-8-4-29(34,35)5-9-37;/h10-14,21-22,36,42H,2-9,15-16H2,1H3;1H2/t28-;/m0./s1. The highest BCUT2D eigenvalue weighted by Gasteiger charge is 2.41. The molecular formula is C29H34Cl4F2N4O3S. The maximum Gasteiger partial charge on any atom is 0.258 e. The van der Waals surface area contributed by atoms with Crippen LogP contribution in [0.3, 0.4) is 0 Å². The van der Waals surface area contributed by atoms with E-state index >= 15 is 0 Å². The number of carbonyl (C=O) groups excluding carboxylic acids is 2. The Labute approximate surface area is 276 Å². The van der Waals surface area contributed by atoms with Gasteiger partial charge in [0.1, 0.15) is 0 Å². The largest absolute Gasteiger partial charge is 0.380 e. The molecule has 0 unspecified atom stereocenters. The molecule has 2 amide bonds. The number of likely N-dealkylation sites (tertiary alicyclic amines) is 3. The summed E-state index contributed by atoms with van der Waals surface area (Å²) in [5.41, 5.74) is -0.570. The number of benzene rings is 2. The zero-order valence-corrected chi connectivity index (χ0v) is 27.5. The summed E-state index contributed by atoms with van der Waals surface area (Å²) in [6.07, 6.45) is 0.810. The van der Waals surface area contributed by atoms with Crippen molar-refractivity contribution in [2.45, 2.75) is 56.2 Å². The van der Waals surface area contributed by atoms with E-state index < -0.39 is 17.4 Å². The molecule has 3 aliphatic heterocycles. The molecule has 3 fully saturated rings. The van der Waals surface area contributed by atoms with Crippen LogP contribution in [0.2, 0.25) is 20.1 Å². The van der Waals surface area contributed by atoms with Crippen LogP contribution in [0, 0.1) is 0 Å². The molecule has 0 bridgehead atoms. The lowest BCUT2D eigenvalue weighted by molar-refractivity contribution is -0.152. The summed E-state index contributed by atoms with van der Waals surface area (Å²) in [6, 6.07) is 8.40. The van der Waals surface area contributed by atoms with Crippen molar-refractivity contribution in [3.8, 4) is 0 Å². The smallest absolute Gasteiger partial charge is 0.258 e. The van der Waals surface area contributed by atoms with Crippen LogP contribution in [-0.2, 0) is 10.4 Å². The van der Waals surface area contributed by atoms with Gasteiger partial charge in [0, 0.05) is 73.9 Å². The Morgan fingerprint density at radius 2 is 1.44 bits per heavy atom. The first-order chi connectivity index (χ1) is 19.7. The Kier molecular flexibility index (Phi) is 10.7. The van der Waals surface area contributed by atoms with Gasteiger partial charge < -0.3 is 20.2 Å². The number of rotatable bonds is 6. The van der Waals surface area contributed by atoms with E-state index in [0.29, 0.717) is 40.4 Å². The molecule has 3 aliphatic rings. The number of anilines is 1. The number of aliphatic hydroxyl groups is 1. The van der Waals surface area contributed by atoms with E-state index in [2.05, 4.69) is 10.2 Å². The van der Waals surface area contributed by atoms with E-state index in [-0.39, 0.29) is 67.0 Å². The molecule has 2 aromatic rings. The van der Waals surface area contributed by atoms with Crippen molar-refractivity contribution in [3.05, 3.63) is 61.5 Å². The van der Waals surface area contributed by atoms with Crippen LogP contribution in [-0.4, -0.2) is 88.9 Å². The van der Waals surface area contributed by atoms with Gasteiger partial charge in [-0.25, -0.2) is 8.78 Å². The number of piperidine rings is 2. The number of alkyl halides is 2. The van der Waals surface area contributed by atoms with Gasteiger partial charge in [-0.3, -0.25) is 14.5 Å². The summed E-state index contributed by atoms with van der Waals surface area (Å²) in [7, 11) is 0. The van der Waals surface area contributed by atoms with E-state index in [4.69, 9.17) is 46.4 Å². The molecule has 43 heavy (non-hydrogen) atoms. The number of halogens is 6. The van der Waals surface area contributed by atoms with Crippen LogP contribution in [0.4, 0.5) is 14.5 Å². The number of hydrogen-bond acceptors (Lipinski definition) is 5. The van der Waals surface area contributed by atoms with Gasteiger partial charge in [-0.1, -0.05) is 46.4 Å². The lowest BCUT2D eigenvalue weighted by Gasteiger charge is -2.48. The zero-order valence-electron chi connectivity index (χ0n) is 23.5. The maximum absolute atomic E-state index is 13.5. The van der Waals surface area contributed by atoms with E-state index in [1.807, 2.05) is 0 Å².